The van der Waals surface area contributed by atoms with Crippen molar-refractivity contribution in [3.05, 3.63) is 46.4 Å². The fourth-order valence-electron chi connectivity index (χ4n) is 3.02. The van der Waals surface area contributed by atoms with Crippen LogP contribution >= 0.6 is 34.4 Å². The van der Waals surface area contributed by atoms with E-state index in [9.17, 15) is 5.26 Å². The Kier molecular flexibility index (Phi) is 3.53. The average molecular weight is 392 g/mol. The number of rotatable bonds is 2. The molecule has 0 unspecified atom stereocenters. The number of nitrogens with zero attached hydrogens (tertiary/aromatic N) is 5. The van der Waals surface area contributed by atoms with E-state index in [1.807, 2.05) is 35.9 Å². The van der Waals surface area contributed by atoms with Crippen molar-refractivity contribution in [2.45, 2.75) is 6.92 Å². The predicted octanol–water partition coefficient (Wildman–Crippen LogP) is 5.27. The Morgan fingerprint density at radius 2 is 1.42 bits per heavy atom. The first kappa shape index (κ1) is 15.5. The highest BCUT2D eigenvalue weighted by atomic mass is 32.1. The molecule has 0 bridgehead atoms. The largest absolute Gasteiger partial charge is 0.248 e. The topological polar surface area (TPSA) is 75.3 Å². The summed E-state index contributed by atoms with van der Waals surface area (Å²) in [6.07, 6.45) is 0. The number of aromatic nitrogens is 4. The number of hydrogen-bond acceptors (Lipinski definition) is 8. The fraction of sp³-hybridized carbons (Fsp3) is 0.0556. The van der Waals surface area contributed by atoms with Gasteiger partial charge in [0.25, 0.3) is 0 Å². The van der Waals surface area contributed by atoms with Gasteiger partial charge in [-0.15, -0.1) is 22.7 Å². The zero-order chi connectivity index (χ0) is 17.7. The van der Waals surface area contributed by atoms with Crippen LogP contribution in [-0.4, -0.2) is 18.7 Å². The van der Waals surface area contributed by atoms with Crippen molar-refractivity contribution in [3.8, 4) is 27.0 Å². The van der Waals surface area contributed by atoms with Crippen molar-refractivity contribution in [2.24, 2.45) is 0 Å². The van der Waals surface area contributed by atoms with E-state index in [2.05, 4.69) is 25.9 Å². The Labute approximate surface area is 160 Å². The van der Waals surface area contributed by atoms with Crippen LogP contribution in [0.2, 0.25) is 0 Å². The van der Waals surface area contributed by atoms with Gasteiger partial charge in [0.15, 0.2) is 5.69 Å². The molecule has 0 aliphatic rings. The lowest BCUT2D eigenvalue weighted by molar-refractivity contribution is 1.15. The van der Waals surface area contributed by atoms with Crippen LogP contribution in [0, 0.1) is 18.3 Å². The Balaban J connectivity index is 2.06. The summed E-state index contributed by atoms with van der Waals surface area (Å²) in [6, 6.07) is 10.3. The second-order valence-electron chi connectivity index (χ2n) is 5.63. The van der Waals surface area contributed by atoms with Gasteiger partial charge in [-0.25, -0.2) is 9.97 Å². The van der Waals surface area contributed by atoms with E-state index in [1.54, 1.807) is 22.7 Å². The number of hydrogen-bond donors (Lipinski definition) is 0. The maximum Gasteiger partial charge on any atom is 0.162 e. The van der Waals surface area contributed by atoms with E-state index < -0.39 is 0 Å². The molecule has 0 atom stereocenters. The first-order valence-corrected chi connectivity index (χ1v) is 10.2. The summed E-state index contributed by atoms with van der Waals surface area (Å²) in [5, 5.41) is 13.5. The van der Waals surface area contributed by atoms with Crippen LogP contribution in [-0.2, 0) is 0 Å². The van der Waals surface area contributed by atoms with Gasteiger partial charge in [-0.1, -0.05) is 12.1 Å². The molecule has 4 aromatic heterocycles. The van der Waals surface area contributed by atoms with Crippen LogP contribution in [0.1, 0.15) is 11.4 Å². The molecule has 0 fully saturated rings. The molecule has 124 valence electrons. The number of aryl methyl sites for hydroxylation is 1. The standard InChI is InChI=1S/C18H9N5S3/c1-9-10(8-19)21-16-14(12-5-3-7-25-12)18-17(22-26-23-18)13(15(16)20-9)11-4-2-6-24-11/h2-7H,1H3. The molecule has 0 spiro atoms. The van der Waals surface area contributed by atoms with Crippen molar-refractivity contribution >= 4 is 56.5 Å². The monoisotopic (exact) mass is 391 g/mol. The van der Waals surface area contributed by atoms with Crippen LogP contribution < -0.4 is 0 Å². The summed E-state index contributed by atoms with van der Waals surface area (Å²) in [4.78, 5) is 11.6. The lowest BCUT2D eigenvalue weighted by Gasteiger charge is -2.11. The van der Waals surface area contributed by atoms with Crippen LogP contribution in [0.3, 0.4) is 0 Å². The molecule has 8 heteroatoms. The van der Waals surface area contributed by atoms with Crippen LogP contribution in [0.25, 0.3) is 42.9 Å². The zero-order valence-corrected chi connectivity index (χ0v) is 15.9. The predicted molar refractivity (Wildman–Crippen MR) is 107 cm³/mol. The highest BCUT2D eigenvalue weighted by molar-refractivity contribution is 7.14. The van der Waals surface area contributed by atoms with Gasteiger partial charge in [-0.2, -0.15) is 14.0 Å². The van der Waals surface area contributed by atoms with Crippen molar-refractivity contribution in [1.82, 2.24) is 18.7 Å². The van der Waals surface area contributed by atoms with Crippen molar-refractivity contribution in [2.75, 3.05) is 0 Å². The average Bonchev–Trinajstić information content (AvgIpc) is 3.40. The van der Waals surface area contributed by atoms with E-state index in [-0.39, 0.29) is 0 Å². The molecule has 4 heterocycles. The van der Waals surface area contributed by atoms with E-state index in [0.717, 1.165) is 37.4 Å². The smallest absolute Gasteiger partial charge is 0.162 e. The molecule has 5 aromatic rings. The van der Waals surface area contributed by atoms with E-state index >= 15 is 0 Å². The minimum Gasteiger partial charge on any atom is -0.248 e. The number of fused-ring (bicyclic) bond motifs is 2. The Bertz CT molecular complexity index is 1290. The van der Waals surface area contributed by atoms with Gasteiger partial charge in [0.05, 0.1) is 17.4 Å². The van der Waals surface area contributed by atoms with Gasteiger partial charge in [0.1, 0.15) is 28.1 Å². The Morgan fingerprint density at radius 1 is 0.846 bits per heavy atom. The molecule has 0 radical (unpaired) electrons. The summed E-state index contributed by atoms with van der Waals surface area (Å²) < 4.78 is 9.14. The quantitative estimate of drug-likeness (QED) is 0.410. The van der Waals surface area contributed by atoms with Crippen molar-refractivity contribution < 1.29 is 0 Å². The molecule has 0 aliphatic carbocycles. The van der Waals surface area contributed by atoms with Crippen molar-refractivity contribution in [1.29, 1.82) is 5.26 Å². The van der Waals surface area contributed by atoms with Crippen LogP contribution in [0.4, 0.5) is 0 Å². The van der Waals surface area contributed by atoms with E-state index in [4.69, 9.17) is 4.98 Å². The third-order valence-corrected chi connectivity index (χ3v) is 6.45. The molecule has 0 N–H and O–H groups in total. The maximum atomic E-state index is 9.45. The van der Waals surface area contributed by atoms with Gasteiger partial charge >= 0.3 is 0 Å². The highest BCUT2D eigenvalue weighted by Crippen LogP contribution is 2.43. The molecule has 0 aliphatic heterocycles. The molecule has 26 heavy (non-hydrogen) atoms. The first-order valence-electron chi connectivity index (χ1n) is 7.72. The molecule has 1 aromatic carbocycles. The molecule has 0 amide bonds. The first-order chi connectivity index (χ1) is 12.8. The summed E-state index contributed by atoms with van der Waals surface area (Å²) in [5.74, 6) is 0. The van der Waals surface area contributed by atoms with E-state index in [1.165, 1.54) is 11.7 Å². The van der Waals surface area contributed by atoms with Crippen LogP contribution in [0.15, 0.2) is 35.0 Å². The lowest BCUT2D eigenvalue weighted by atomic mass is 10.0. The SMILES string of the molecule is Cc1nc2c(-c3cccs3)c3nsnc3c(-c3cccs3)c2nc1C#N. The van der Waals surface area contributed by atoms with Crippen molar-refractivity contribution in [3.63, 3.8) is 0 Å². The normalized spacial score (nSPS) is 11.2. The van der Waals surface area contributed by atoms with Crippen LogP contribution in [0.5, 0.6) is 0 Å². The molecular formula is C18H9N5S3. The second-order valence-corrected chi connectivity index (χ2v) is 8.06. The number of thiophene rings is 2. The minimum absolute atomic E-state index is 0.343. The highest BCUT2D eigenvalue weighted by Gasteiger charge is 2.23. The minimum atomic E-state index is 0.343. The van der Waals surface area contributed by atoms with Gasteiger partial charge in [0.2, 0.25) is 0 Å². The molecule has 0 saturated heterocycles. The lowest BCUT2D eigenvalue weighted by Crippen LogP contribution is -1.99. The third kappa shape index (κ3) is 2.18. The molecule has 5 nitrogen and oxygen atoms in total. The summed E-state index contributed by atoms with van der Waals surface area (Å²) in [6.45, 7) is 1.82. The number of nitriles is 1. The Hall–Kier alpha value is -2.73. The summed E-state index contributed by atoms with van der Waals surface area (Å²) >= 11 is 4.44. The third-order valence-electron chi connectivity index (χ3n) is 4.15. The summed E-state index contributed by atoms with van der Waals surface area (Å²) in [5.41, 5.74) is 5.95. The van der Waals surface area contributed by atoms with E-state index in [0.29, 0.717) is 16.9 Å². The maximum absolute atomic E-state index is 9.45. The van der Waals surface area contributed by atoms with Gasteiger partial charge in [-0.3, -0.25) is 0 Å². The second kappa shape index (κ2) is 5.92. The van der Waals surface area contributed by atoms with Gasteiger partial charge < -0.3 is 0 Å². The van der Waals surface area contributed by atoms with Gasteiger partial charge in [0, 0.05) is 20.9 Å². The molecular weight excluding hydrogens is 382 g/mol. The fourth-order valence-corrected chi connectivity index (χ4v) is 5.13. The summed E-state index contributed by atoms with van der Waals surface area (Å²) in [7, 11) is 0. The Morgan fingerprint density at radius 3 is 1.92 bits per heavy atom. The van der Waals surface area contributed by atoms with Gasteiger partial charge in [-0.05, 0) is 29.8 Å². The number of benzene rings is 1. The molecule has 5 rings (SSSR count). The zero-order valence-electron chi connectivity index (χ0n) is 13.4. The molecule has 0 saturated carbocycles.